The van der Waals surface area contributed by atoms with Crippen molar-refractivity contribution in [2.75, 3.05) is 5.73 Å². The molecule has 2 heterocycles. The van der Waals surface area contributed by atoms with Crippen LogP contribution < -0.4 is 11.1 Å². The summed E-state index contributed by atoms with van der Waals surface area (Å²) in [5.74, 6) is -0.0333. The van der Waals surface area contributed by atoms with Crippen molar-refractivity contribution in [2.24, 2.45) is 7.05 Å². The van der Waals surface area contributed by atoms with E-state index in [9.17, 15) is 4.79 Å². The first kappa shape index (κ1) is 14.3. The van der Waals surface area contributed by atoms with E-state index in [2.05, 4.69) is 15.4 Å². The summed E-state index contributed by atoms with van der Waals surface area (Å²) in [5, 5.41) is 7.41. The van der Waals surface area contributed by atoms with Gasteiger partial charge in [0, 0.05) is 31.5 Å². The van der Waals surface area contributed by atoms with Crippen LogP contribution in [0.4, 0.5) is 5.82 Å². The molecule has 20 heavy (non-hydrogen) atoms. The van der Waals surface area contributed by atoms with E-state index < -0.39 is 0 Å². The summed E-state index contributed by atoms with van der Waals surface area (Å²) in [6, 6.07) is 1.50. The van der Waals surface area contributed by atoms with Crippen molar-refractivity contribution in [2.45, 2.75) is 19.9 Å². The van der Waals surface area contributed by atoms with Crippen LogP contribution in [0.15, 0.2) is 18.5 Å². The van der Waals surface area contributed by atoms with Gasteiger partial charge in [0.15, 0.2) is 0 Å². The first-order chi connectivity index (χ1) is 9.51. The molecule has 0 saturated carbocycles. The maximum atomic E-state index is 12.0. The molecule has 0 aliphatic rings. The lowest BCUT2D eigenvalue weighted by Crippen LogP contribution is -2.23. The molecule has 0 aliphatic heterocycles. The summed E-state index contributed by atoms with van der Waals surface area (Å²) < 4.78 is 1.74. The van der Waals surface area contributed by atoms with Gasteiger partial charge in [-0.3, -0.25) is 9.48 Å². The molecule has 0 unspecified atom stereocenters. The van der Waals surface area contributed by atoms with Crippen molar-refractivity contribution in [1.82, 2.24) is 20.1 Å². The zero-order valence-electron chi connectivity index (χ0n) is 11.4. The summed E-state index contributed by atoms with van der Waals surface area (Å²) in [5.41, 5.74) is 7.86. The Bertz CT molecular complexity index is 638. The zero-order valence-corrected chi connectivity index (χ0v) is 12.1. The number of rotatable bonds is 4. The fraction of sp³-hybridized carbons (Fsp3) is 0.308. The van der Waals surface area contributed by atoms with Crippen LogP contribution in [-0.4, -0.2) is 20.7 Å². The van der Waals surface area contributed by atoms with Gasteiger partial charge < -0.3 is 11.1 Å². The van der Waals surface area contributed by atoms with Gasteiger partial charge >= 0.3 is 0 Å². The first-order valence-electron chi connectivity index (χ1n) is 6.22. The minimum absolute atomic E-state index is 0.212. The van der Waals surface area contributed by atoms with Crippen LogP contribution in [0.3, 0.4) is 0 Å². The molecule has 0 fully saturated rings. The van der Waals surface area contributed by atoms with Crippen molar-refractivity contribution >= 4 is 23.3 Å². The van der Waals surface area contributed by atoms with E-state index in [0.717, 1.165) is 17.7 Å². The maximum Gasteiger partial charge on any atom is 0.253 e. The SMILES string of the molecule is CCc1nn(C)cc1CNC(=O)c1cnc(N)c(Cl)c1. The molecule has 106 valence electrons. The predicted octanol–water partition coefficient (Wildman–Crippen LogP) is 1.54. The molecule has 0 radical (unpaired) electrons. The molecule has 2 aromatic rings. The van der Waals surface area contributed by atoms with E-state index >= 15 is 0 Å². The number of amides is 1. The second-order valence-corrected chi connectivity index (χ2v) is 4.81. The number of carbonyl (C=O) groups is 1. The lowest BCUT2D eigenvalue weighted by atomic mass is 10.2. The number of nitrogens with one attached hydrogen (secondary N) is 1. The van der Waals surface area contributed by atoms with Gasteiger partial charge in [0.05, 0.1) is 16.3 Å². The predicted molar refractivity (Wildman–Crippen MR) is 77.4 cm³/mol. The average Bonchev–Trinajstić information content (AvgIpc) is 2.79. The van der Waals surface area contributed by atoms with Crippen LogP contribution in [-0.2, 0) is 20.0 Å². The number of anilines is 1. The van der Waals surface area contributed by atoms with E-state index in [-0.39, 0.29) is 16.7 Å². The number of nitrogen functional groups attached to an aromatic ring is 1. The number of nitrogens with zero attached hydrogens (tertiary/aromatic N) is 3. The lowest BCUT2D eigenvalue weighted by molar-refractivity contribution is 0.0950. The second-order valence-electron chi connectivity index (χ2n) is 4.40. The third-order valence-corrected chi connectivity index (χ3v) is 3.20. The van der Waals surface area contributed by atoms with Crippen LogP contribution >= 0.6 is 11.6 Å². The fourth-order valence-electron chi connectivity index (χ4n) is 1.88. The molecule has 0 atom stereocenters. The molecule has 6 nitrogen and oxygen atoms in total. The smallest absolute Gasteiger partial charge is 0.253 e. The van der Waals surface area contributed by atoms with Gasteiger partial charge in [-0.25, -0.2) is 4.98 Å². The molecule has 1 amide bonds. The third kappa shape index (κ3) is 3.08. The minimum atomic E-state index is -0.245. The molecular formula is C13H16ClN5O. The Hall–Kier alpha value is -2.08. The Balaban J connectivity index is 2.06. The van der Waals surface area contributed by atoms with Gasteiger partial charge in [0.2, 0.25) is 0 Å². The summed E-state index contributed by atoms with van der Waals surface area (Å²) >= 11 is 5.85. The lowest BCUT2D eigenvalue weighted by Gasteiger charge is -2.05. The van der Waals surface area contributed by atoms with E-state index in [1.54, 1.807) is 4.68 Å². The van der Waals surface area contributed by atoms with Crippen LogP contribution in [0.5, 0.6) is 0 Å². The second kappa shape index (κ2) is 5.92. The van der Waals surface area contributed by atoms with E-state index in [4.69, 9.17) is 17.3 Å². The standard InChI is InChI=1S/C13H16ClN5O/c1-3-11-9(7-19(2)18-11)6-17-13(20)8-4-10(14)12(15)16-5-8/h4-5,7H,3,6H2,1-2H3,(H2,15,16)(H,17,20). The Morgan fingerprint density at radius 2 is 2.30 bits per heavy atom. The quantitative estimate of drug-likeness (QED) is 0.895. The van der Waals surface area contributed by atoms with Crippen LogP contribution in [0.25, 0.3) is 0 Å². The summed E-state index contributed by atoms with van der Waals surface area (Å²) in [6.45, 7) is 2.44. The summed E-state index contributed by atoms with van der Waals surface area (Å²) in [6.07, 6.45) is 4.12. The number of aromatic nitrogens is 3. The minimum Gasteiger partial charge on any atom is -0.382 e. The number of hydrogen-bond donors (Lipinski definition) is 2. The van der Waals surface area contributed by atoms with Crippen molar-refractivity contribution < 1.29 is 4.79 Å². The van der Waals surface area contributed by atoms with E-state index in [1.807, 2.05) is 20.2 Å². The highest BCUT2D eigenvalue weighted by Gasteiger charge is 2.11. The zero-order chi connectivity index (χ0) is 14.7. The highest BCUT2D eigenvalue weighted by atomic mass is 35.5. The summed E-state index contributed by atoms with van der Waals surface area (Å²) in [4.78, 5) is 15.9. The van der Waals surface area contributed by atoms with Crippen LogP contribution in [0.1, 0.15) is 28.5 Å². The number of nitrogens with two attached hydrogens (primary N) is 1. The van der Waals surface area contributed by atoms with E-state index in [1.165, 1.54) is 12.3 Å². The van der Waals surface area contributed by atoms with Crippen molar-refractivity contribution in [3.8, 4) is 0 Å². The molecule has 0 aliphatic carbocycles. The first-order valence-corrected chi connectivity index (χ1v) is 6.59. The molecule has 7 heteroatoms. The van der Waals surface area contributed by atoms with Crippen LogP contribution in [0.2, 0.25) is 5.02 Å². The van der Waals surface area contributed by atoms with Gasteiger partial charge in [-0.1, -0.05) is 18.5 Å². The number of pyridine rings is 1. The van der Waals surface area contributed by atoms with Gasteiger partial charge in [0.1, 0.15) is 5.82 Å². The maximum absolute atomic E-state index is 12.0. The van der Waals surface area contributed by atoms with Gasteiger partial charge in [-0.15, -0.1) is 0 Å². The van der Waals surface area contributed by atoms with Gasteiger partial charge in [-0.05, 0) is 12.5 Å². The Kier molecular flexibility index (Phi) is 4.24. The largest absolute Gasteiger partial charge is 0.382 e. The molecule has 3 N–H and O–H groups in total. The Morgan fingerprint density at radius 1 is 1.55 bits per heavy atom. The highest BCUT2D eigenvalue weighted by molar-refractivity contribution is 6.33. The Morgan fingerprint density at radius 3 is 2.95 bits per heavy atom. The fourth-order valence-corrected chi connectivity index (χ4v) is 2.05. The van der Waals surface area contributed by atoms with Gasteiger partial charge in [0.25, 0.3) is 5.91 Å². The molecule has 0 saturated heterocycles. The number of hydrogen-bond acceptors (Lipinski definition) is 4. The topological polar surface area (TPSA) is 85.8 Å². The average molecular weight is 294 g/mol. The molecule has 0 spiro atoms. The number of aryl methyl sites for hydroxylation is 2. The molecule has 0 bridgehead atoms. The molecular weight excluding hydrogens is 278 g/mol. The molecule has 2 rings (SSSR count). The third-order valence-electron chi connectivity index (χ3n) is 2.90. The highest BCUT2D eigenvalue weighted by Crippen LogP contribution is 2.16. The monoisotopic (exact) mass is 293 g/mol. The van der Waals surface area contributed by atoms with Gasteiger partial charge in [-0.2, -0.15) is 5.10 Å². The van der Waals surface area contributed by atoms with Crippen molar-refractivity contribution in [3.63, 3.8) is 0 Å². The van der Waals surface area contributed by atoms with Crippen LogP contribution in [0, 0.1) is 0 Å². The number of carbonyl (C=O) groups excluding carboxylic acids is 1. The number of halogens is 1. The molecule has 2 aromatic heterocycles. The molecule has 0 aromatic carbocycles. The van der Waals surface area contributed by atoms with Crippen molar-refractivity contribution in [3.05, 3.63) is 40.3 Å². The normalized spacial score (nSPS) is 10.6. The van der Waals surface area contributed by atoms with E-state index in [0.29, 0.717) is 12.1 Å². The Labute approximate surface area is 121 Å². The van der Waals surface area contributed by atoms with Crippen molar-refractivity contribution in [1.29, 1.82) is 0 Å². The summed E-state index contributed by atoms with van der Waals surface area (Å²) in [7, 11) is 1.86.